The van der Waals surface area contributed by atoms with Gasteiger partial charge in [-0.25, -0.2) is 0 Å². The molecule has 2 saturated heterocycles. The minimum atomic E-state index is -0.619. The molecule has 4 bridgehead atoms. The Labute approximate surface area is 234 Å². The van der Waals surface area contributed by atoms with Gasteiger partial charge in [-0.3, -0.25) is 9.59 Å². The first-order valence-electron chi connectivity index (χ1n) is 14.3. The Balaban J connectivity index is 0.00000320. The van der Waals surface area contributed by atoms with Gasteiger partial charge in [-0.2, -0.15) is 0 Å². The minimum absolute atomic E-state index is 0. The molecule has 10 atom stereocenters. The fourth-order valence-corrected chi connectivity index (χ4v) is 10.5. The van der Waals surface area contributed by atoms with Crippen molar-refractivity contribution >= 4 is 35.9 Å². The van der Waals surface area contributed by atoms with Crippen LogP contribution in [0.25, 0.3) is 0 Å². The van der Waals surface area contributed by atoms with E-state index < -0.39 is 23.0 Å². The SMILES string of the molecule is C=C[C@]1(C)C[C@@H](OC(=O)CSC2CC3CCC(C2)N3C)[C@]2(C)[C@H](C)CC[C@]3(CCC(=O)[C@H]32)[C@@H](C)[C@@H]1O.Cl. The Morgan fingerprint density at radius 3 is 2.46 bits per heavy atom. The number of aliphatic hydroxyl groups excluding tert-OH is 1. The maximum absolute atomic E-state index is 13.5. The van der Waals surface area contributed by atoms with Gasteiger partial charge < -0.3 is 14.7 Å². The Hall–Kier alpha value is -0.560. The first-order valence-corrected chi connectivity index (χ1v) is 15.4. The molecule has 0 radical (unpaired) electrons. The van der Waals surface area contributed by atoms with Crippen LogP contribution in [0.3, 0.4) is 0 Å². The monoisotopic (exact) mass is 553 g/mol. The van der Waals surface area contributed by atoms with Gasteiger partial charge in [-0.1, -0.05) is 33.8 Å². The first kappa shape index (κ1) is 29.4. The number of halogens is 1. The molecule has 5 fully saturated rings. The summed E-state index contributed by atoms with van der Waals surface area (Å²) in [7, 11) is 2.24. The van der Waals surface area contributed by atoms with Gasteiger partial charge in [0.15, 0.2) is 0 Å². The number of Topliss-reactive ketones (excluding diaryl/α,β-unsaturated/α-hetero) is 1. The van der Waals surface area contributed by atoms with Gasteiger partial charge in [0.25, 0.3) is 0 Å². The van der Waals surface area contributed by atoms with Gasteiger partial charge in [0.05, 0.1) is 11.9 Å². The van der Waals surface area contributed by atoms with Crippen molar-refractivity contribution in [1.82, 2.24) is 4.90 Å². The third-order valence-electron chi connectivity index (χ3n) is 12.1. The molecule has 0 aromatic carbocycles. The average Bonchev–Trinajstić information content (AvgIpc) is 3.28. The lowest BCUT2D eigenvalue weighted by Gasteiger charge is -2.61. The number of carbonyl (C=O) groups excluding carboxylic acids is 2. The van der Waals surface area contributed by atoms with Crippen molar-refractivity contribution in [3.63, 3.8) is 0 Å². The van der Waals surface area contributed by atoms with E-state index in [0.29, 0.717) is 41.7 Å². The third-order valence-corrected chi connectivity index (χ3v) is 13.3. The van der Waals surface area contributed by atoms with E-state index in [0.717, 1.165) is 32.1 Å². The number of nitrogens with zero attached hydrogens (tertiary/aromatic N) is 1. The van der Waals surface area contributed by atoms with E-state index in [2.05, 4.69) is 46.2 Å². The van der Waals surface area contributed by atoms with Crippen molar-refractivity contribution in [3.05, 3.63) is 12.7 Å². The Bertz CT molecular complexity index is 902. The number of piperidine rings is 1. The number of thioether (sulfide) groups is 1. The Kier molecular flexibility index (Phi) is 8.31. The number of hydrogen-bond donors (Lipinski definition) is 1. The van der Waals surface area contributed by atoms with Crippen LogP contribution in [0.4, 0.5) is 0 Å². The standard InChI is InChI=1S/C30H47NO4S.ClH/c1-7-28(4)16-24(35-25(33)17-36-22-14-20-8-9-21(15-22)31(20)6)29(5)18(2)10-12-30(19(3)27(28)34)13-11-23(32)26(29)30;/h7,18-22,24,26-27,34H,1,8-17H2,2-6H3;1H/t18-,19+,20?,21?,22?,24-,26+,27+,28-,29+,30+;/m1./s1. The molecule has 0 aromatic heterocycles. The fraction of sp³-hybridized carbons (Fsp3) is 0.867. The van der Waals surface area contributed by atoms with Gasteiger partial charge in [0, 0.05) is 40.5 Å². The average molecular weight is 554 g/mol. The second-order valence-corrected chi connectivity index (χ2v) is 14.8. The summed E-state index contributed by atoms with van der Waals surface area (Å²) in [5, 5.41) is 12.2. The summed E-state index contributed by atoms with van der Waals surface area (Å²) in [6.45, 7) is 12.8. The van der Waals surface area contributed by atoms with Crippen LogP contribution >= 0.6 is 24.2 Å². The molecule has 5 rings (SSSR count). The Morgan fingerprint density at radius 2 is 1.84 bits per heavy atom. The van der Waals surface area contributed by atoms with Crippen LogP contribution in [0.15, 0.2) is 12.7 Å². The number of aliphatic hydroxyl groups is 1. The van der Waals surface area contributed by atoms with E-state index >= 15 is 0 Å². The molecule has 0 spiro atoms. The molecule has 2 aliphatic heterocycles. The highest BCUT2D eigenvalue weighted by Crippen LogP contribution is 2.68. The number of esters is 1. The summed E-state index contributed by atoms with van der Waals surface area (Å²) in [4.78, 5) is 29.4. The van der Waals surface area contributed by atoms with Gasteiger partial charge in [0.2, 0.25) is 0 Å². The lowest BCUT2D eigenvalue weighted by molar-refractivity contribution is -0.205. The highest BCUT2D eigenvalue weighted by atomic mass is 35.5. The summed E-state index contributed by atoms with van der Waals surface area (Å²) < 4.78 is 6.42. The molecule has 3 aliphatic carbocycles. The highest BCUT2D eigenvalue weighted by Gasteiger charge is 2.68. The van der Waals surface area contributed by atoms with E-state index in [1.807, 2.05) is 6.08 Å². The quantitative estimate of drug-likeness (QED) is 0.349. The molecule has 3 saturated carbocycles. The summed E-state index contributed by atoms with van der Waals surface area (Å²) >= 11 is 1.76. The van der Waals surface area contributed by atoms with E-state index in [4.69, 9.17) is 4.74 Å². The zero-order valence-electron chi connectivity index (χ0n) is 23.4. The van der Waals surface area contributed by atoms with Crippen molar-refractivity contribution in [3.8, 4) is 0 Å². The first-order chi connectivity index (χ1) is 17.0. The second-order valence-electron chi connectivity index (χ2n) is 13.5. The van der Waals surface area contributed by atoms with Gasteiger partial charge in [-0.15, -0.1) is 30.7 Å². The van der Waals surface area contributed by atoms with Crippen molar-refractivity contribution in [2.24, 2.45) is 34.0 Å². The van der Waals surface area contributed by atoms with Crippen LogP contribution in [0.2, 0.25) is 0 Å². The van der Waals surface area contributed by atoms with Crippen LogP contribution < -0.4 is 0 Å². The summed E-state index contributed by atoms with van der Waals surface area (Å²) in [6.07, 6.45) is 9.58. The van der Waals surface area contributed by atoms with Gasteiger partial charge >= 0.3 is 5.97 Å². The zero-order chi connectivity index (χ0) is 26.0. The predicted molar refractivity (Wildman–Crippen MR) is 152 cm³/mol. The van der Waals surface area contributed by atoms with E-state index in [9.17, 15) is 14.7 Å². The van der Waals surface area contributed by atoms with Crippen LogP contribution in [0.1, 0.15) is 85.5 Å². The predicted octanol–water partition coefficient (Wildman–Crippen LogP) is 5.67. The van der Waals surface area contributed by atoms with Gasteiger partial charge in [0.1, 0.15) is 11.9 Å². The van der Waals surface area contributed by atoms with E-state index in [-0.39, 0.29) is 41.5 Å². The van der Waals surface area contributed by atoms with Crippen LogP contribution in [0.5, 0.6) is 0 Å². The molecule has 5 aliphatic rings. The van der Waals surface area contributed by atoms with Crippen molar-refractivity contribution in [2.75, 3.05) is 12.8 Å². The molecule has 37 heavy (non-hydrogen) atoms. The zero-order valence-corrected chi connectivity index (χ0v) is 25.0. The summed E-state index contributed by atoms with van der Waals surface area (Å²) in [5.41, 5.74) is -1.24. The molecule has 0 aromatic rings. The minimum Gasteiger partial charge on any atom is -0.461 e. The highest BCUT2D eigenvalue weighted by molar-refractivity contribution is 8.00. The molecule has 210 valence electrons. The molecular formula is C30H48ClNO4S. The third kappa shape index (κ3) is 4.54. The van der Waals surface area contributed by atoms with Crippen LogP contribution in [-0.2, 0) is 14.3 Å². The number of hydrogen-bond acceptors (Lipinski definition) is 6. The lowest BCUT2D eigenvalue weighted by atomic mass is 9.44. The largest absolute Gasteiger partial charge is 0.461 e. The molecule has 7 heteroatoms. The molecule has 1 N–H and O–H groups in total. The number of carbonyl (C=O) groups is 2. The van der Waals surface area contributed by atoms with Crippen molar-refractivity contribution in [2.45, 2.75) is 115 Å². The van der Waals surface area contributed by atoms with Crippen molar-refractivity contribution < 1.29 is 19.4 Å². The smallest absolute Gasteiger partial charge is 0.316 e. The molecule has 2 unspecified atom stereocenters. The second kappa shape index (κ2) is 10.4. The van der Waals surface area contributed by atoms with E-state index in [1.165, 1.54) is 12.8 Å². The number of ether oxygens (including phenoxy) is 1. The topological polar surface area (TPSA) is 66.8 Å². The maximum Gasteiger partial charge on any atom is 0.316 e. The van der Waals surface area contributed by atoms with Crippen LogP contribution in [-0.4, -0.2) is 64.1 Å². The Morgan fingerprint density at radius 1 is 1.19 bits per heavy atom. The summed E-state index contributed by atoms with van der Waals surface area (Å²) in [5.74, 6) is 0.605. The number of fused-ring (bicyclic) bond motifs is 2. The van der Waals surface area contributed by atoms with E-state index in [1.54, 1.807) is 11.8 Å². The van der Waals surface area contributed by atoms with Crippen molar-refractivity contribution in [1.29, 1.82) is 0 Å². The normalized spacial score (nSPS) is 49.4. The maximum atomic E-state index is 13.5. The molecule has 0 amide bonds. The molecule has 5 nitrogen and oxygen atoms in total. The van der Waals surface area contributed by atoms with Gasteiger partial charge in [-0.05, 0) is 75.7 Å². The van der Waals surface area contributed by atoms with Crippen LogP contribution in [0, 0.1) is 34.0 Å². The number of rotatable bonds is 5. The number of ketones is 1. The molecular weight excluding hydrogens is 506 g/mol. The lowest BCUT2D eigenvalue weighted by Crippen LogP contribution is -2.63. The fourth-order valence-electron chi connectivity index (χ4n) is 9.38. The molecule has 2 heterocycles. The summed E-state index contributed by atoms with van der Waals surface area (Å²) in [6, 6.07) is 1.31.